The van der Waals surface area contributed by atoms with Gasteiger partial charge in [-0.3, -0.25) is 0 Å². The van der Waals surface area contributed by atoms with Crippen molar-refractivity contribution in [2.45, 2.75) is 78.1 Å². The lowest BCUT2D eigenvalue weighted by Crippen LogP contribution is -2.48. The number of phenolic OH excluding ortho intramolecular Hbond substituents is 1. The summed E-state index contributed by atoms with van der Waals surface area (Å²) in [7, 11) is 1.68. The fourth-order valence-corrected chi connectivity index (χ4v) is 5.64. The van der Waals surface area contributed by atoms with Crippen LogP contribution in [-0.4, -0.2) is 12.2 Å². The minimum atomic E-state index is 0.0716. The van der Waals surface area contributed by atoms with Gasteiger partial charge in [-0.15, -0.1) is 0 Å². The fraction of sp³-hybridized carbons (Fsp3) is 0.714. The van der Waals surface area contributed by atoms with Crippen LogP contribution in [0.25, 0.3) is 0 Å². The predicted octanol–water partition coefficient (Wildman–Crippen LogP) is 5.55. The Kier molecular flexibility index (Phi) is 3.93. The van der Waals surface area contributed by atoms with Crippen LogP contribution in [-0.2, 0) is 11.8 Å². The molecule has 0 aliphatic heterocycles. The average molecular weight is 316 g/mol. The van der Waals surface area contributed by atoms with Gasteiger partial charge in [-0.05, 0) is 53.9 Å². The van der Waals surface area contributed by atoms with E-state index in [2.05, 4.69) is 40.7 Å². The van der Waals surface area contributed by atoms with E-state index in [1.807, 2.05) is 0 Å². The maximum Gasteiger partial charge on any atom is 0.164 e. The molecule has 1 aromatic rings. The second kappa shape index (κ2) is 5.43. The van der Waals surface area contributed by atoms with Crippen molar-refractivity contribution < 1.29 is 9.84 Å². The Morgan fingerprint density at radius 3 is 2.52 bits per heavy atom. The molecule has 0 amide bonds. The van der Waals surface area contributed by atoms with E-state index in [4.69, 9.17) is 4.74 Å². The Morgan fingerprint density at radius 2 is 1.91 bits per heavy atom. The highest BCUT2D eigenvalue weighted by molar-refractivity contribution is 5.59. The molecule has 2 aliphatic rings. The molecule has 1 N–H and O–H groups in total. The predicted molar refractivity (Wildman–Crippen MR) is 95.5 cm³/mol. The molecule has 1 aromatic carbocycles. The van der Waals surface area contributed by atoms with E-state index in [0.717, 1.165) is 12.0 Å². The highest BCUT2D eigenvalue weighted by atomic mass is 16.5. The number of hydrogen-bond donors (Lipinski definition) is 1. The smallest absolute Gasteiger partial charge is 0.164 e. The molecular weight excluding hydrogens is 284 g/mol. The fourth-order valence-electron chi connectivity index (χ4n) is 5.64. The molecule has 0 saturated heterocycles. The second-order valence-electron chi connectivity index (χ2n) is 8.89. The first-order chi connectivity index (χ1) is 10.7. The number of rotatable bonds is 2. The van der Waals surface area contributed by atoms with E-state index in [9.17, 15) is 5.11 Å². The van der Waals surface area contributed by atoms with Crippen molar-refractivity contribution in [3.05, 3.63) is 22.8 Å². The van der Waals surface area contributed by atoms with Crippen molar-refractivity contribution in [3.63, 3.8) is 0 Å². The maximum absolute atomic E-state index is 11.1. The molecular formula is C21H32O2. The molecule has 0 aromatic heterocycles. The summed E-state index contributed by atoms with van der Waals surface area (Å²) in [4.78, 5) is 0. The normalized spacial score (nSPS) is 29.1. The molecule has 0 heterocycles. The average Bonchev–Trinajstić information content (AvgIpc) is 2.45. The molecule has 2 atom stereocenters. The first kappa shape index (κ1) is 16.7. The monoisotopic (exact) mass is 316 g/mol. The summed E-state index contributed by atoms with van der Waals surface area (Å²) in [5.74, 6) is 2.11. The standard InChI is InChI=1S/C21H32O2/c1-13(2)15-12-14-8-9-16-20(3,4)10-7-11-21(16,5)17(14)18(22)19(15)23-6/h12-13,16,22H,7-11H2,1-6H3/t16-,21-/m0/s1. The summed E-state index contributed by atoms with van der Waals surface area (Å²) >= 11 is 0. The number of hydrogen-bond acceptors (Lipinski definition) is 2. The van der Waals surface area contributed by atoms with Crippen molar-refractivity contribution in [1.29, 1.82) is 0 Å². The van der Waals surface area contributed by atoms with Gasteiger partial charge in [0, 0.05) is 11.1 Å². The van der Waals surface area contributed by atoms with Crippen LogP contribution < -0.4 is 4.74 Å². The van der Waals surface area contributed by atoms with Crippen LogP contribution in [0.15, 0.2) is 6.07 Å². The minimum Gasteiger partial charge on any atom is -0.504 e. The first-order valence-electron chi connectivity index (χ1n) is 9.15. The van der Waals surface area contributed by atoms with Crippen LogP contribution in [0.3, 0.4) is 0 Å². The number of ether oxygens (including phenoxy) is 1. The van der Waals surface area contributed by atoms with E-state index < -0.39 is 0 Å². The molecule has 23 heavy (non-hydrogen) atoms. The summed E-state index contributed by atoms with van der Waals surface area (Å²) in [5.41, 5.74) is 4.09. The topological polar surface area (TPSA) is 29.5 Å². The van der Waals surface area contributed by atoms with Crippen LogP contribution in [0, 0.1) is 11.3 Å². The molecule has 3 rings (SSSR count). The first-order valence-corrected chi connectivity index (χ1v) is 9.15. The number of methoxy groups -OCH3 is 1. The SMILES string of the molecule is COc1c(C(C)C)cc2c(c1O)[C@@]1(C)CCCC(C)(C)[C@@H]1CC2. The maximum atomic E-state index is 11.1. The largest absolute Gasteiger partial charge is 0.504 e. The van der Waals surface area contributed by atoms with Gasteiger partial charge in [0.15, 0.2) is 11.5 Å². The number of benzene rings is 1. The summed E-state index contributed by atoms with van der Waals surface area (Å²) < 4.78 is 5.63. The van der Waals surface area contributed by atoms with E-state index in [1.165, 1.54) is 36.8 Å². The zero-order valence-corrected chi connectivity index (χ0v) is 15.6. The number of aryl methyl sites for hydroxylation is 1. The quantitative estimate of drug-likeness (QED) is 0.774. The Balaban J connectivity index is 2.22. The molecule has 0 unspecified atom stereocenters. The molecule has 2 heteroatoms. The van der Waals surface area contributed by atoms with Gasteiger partial charge >= 0.3 is 0 Å². The Labute approximate surface area is 141 Å². The molecule has 1 fully saturated rings. The van der Waals surface area contributed by atoms with Gasteiger partial charge in [-0.2, -0.15) is 0 Å². The van der Waals surface area contributed by atoms with Gasteiger partial charge in [0.2, 0.25) is 0 Å². The summed E-state index contributed by atoms with van der Waals surface area (Å²) in [6, 6.07) is 2.31. The van der Waals surface area contributed by atoms with Crippen molar-refractivity contribution >= 4 is 0 Å². The highest BCUT2D eigenvalue weighted by Crippen LogP contribution is 2.60. The van der Waals surface area contributed by atoms with Crippen molar-refractivity contribution in [1.82, 2.24) is 0 Å². The summed E-state index contributed by atoms with van der Waals surface area (Å²) in [6.45, 7) is 11.5. The molecule has 128 valence electrons. The minimum absolute atomic E-state index is 0.0716. The van der Waals surface area contributed by atoms with Gasteiger partial charge in [0.05, 0.1) is 7.11 Å². The molecule has 0 bridgehead atoms. The van der Waals surface area contributed by atoms with Gasteiger partial charge in [0.25, 0.3) is 0 Å². The van der Waals surface area contributed by atoms with E-state index in [1.54, 1.807) is 7.11 Å². The Morgan fingerprint density at radius 1 is 1.22 bits per heavy atom. The van der Waals surface area contributed by atoms with Gasteiger partial charge in [0.1, 0.15) is 0 Å². The third-order valence-corrected chi connectivity index (χ3v) is 6.69. The van der Waals surface area contributed by atoms with Crippen LogP contribution in [0.5, 0.6) is 11.5 Å². The van der Waals surface area contributed by atoms with Gasteiger partial charge < -0.3 is 9.84 Å². The second-order valence-corrected chi connectivity index (χ2v) is 8.89. The number of fused-ring (bicyclic) bond motifs is 3. The Hall–Kier alpha value is -1.18. The summed E-state index contributed by atoms with van der Waals surface area (Å²) in [6.07, 6.45) is 6.03. The third kappa shape index (κ3) is 2.37. The highest BCUT2D eigenvalue weighted by Gasteiger charge is 2.51. The van der Waals surface area contributed by atoms with Crippen molar-refractivity contribution in [2.24, 2.45) is 11.3 Å². The Bertz CT molecular complexity index is 615. The molecule has 0 spiro atoms. The van der Waals surface area contributed by atoms with Crippen LogP contribution in [0.2, 0.25) is 0 Å². The van der Waals surface area contributed by atoms with Gasteiger partial charge in [-0.1, -0.05) is 47.1 Å². The zero-order chi connectivity index (χ0) is 17.0. The van der Waals surface area contributed by atoms with Crippen LogP contribution >= 0.6 is 0 Å². The van der Waals surface area contributed by atoms with E-state index in [0.29, 0.717) is 28.7 Å². The van der Waals surface area contributed by atoms with Crippen molar-refractivity contribution in [2.75, 3.05) is 7.11 Å². The molecule has 1 saturated carbocycles. The third-order valence-electron chi connectivity index (χ3n) is 6.69. The lowest BCUT2D eigenvalue weighted by molar-refractivity contribution is 0.0389. The van der Waals surface area contributed by atoms with Gasteiger partial charge in [-0.25, -0.2) is 0 Å². The van der Waals surface area contributed by atoms with E-state index >= 15 is 0 Å². The number of aromatic hydroxyl groups is 1. The van der Waals surface area contributed by atoms with Crippen LogP contribution in [0.4, 0.5) is 0 Å². The lowest BCUT2D eigenvalue weighted by atomic mass is 9.50. The molecule has 0 radical (unpaired) electrons. The lowest BCUT2D eigenvalue weighted by Gasteiger charge is -2.54. The molecule has 2 nitrogen and oxygen atoms in total. The van der Waals surface area contributed by atoms with Crippen LogP contribution in [0.1, 0.15) is 82.9 Å². The summed E-state index contributed by atoms with van der Waals surface area (Å²) in [5, 5.41) is 11.1. The van der Waals surface area contributed by atoms with E-state index in [-0.39, 0.29) is 5.41 Å². The molecule has 2 aliphatic carbocycles. The van der Waals surface area contributed by atoms with Crippen molar-refractivity contribution in [3.8, 4) is 11.5 Å². The zero-order valence-electron chi connectivity index (χ0n) is 15.6. The number of phenols is 1.